The van der Waals surface area contributed by atoms with Gasteiger partial charge in [0.05, 0.1) is 47.8 Å². The maximum atomic E-state index is 5.74. The summed E-state index contributed by atoms with van der Waals surface area (Å²) in [6, 6.07) is 6.14. The Balaban J connectivity index is 1.86. The molecule has 0 atom stereocenters. The molecule has 30 heavy (non-hydrogen) atoms. The second-order valence-electron chi connectivity index (χ2n) is 7.55. The molecule has 4 heterocycles. The summed E-state index contributed by atoms with van der Waals surface area (Å²) in [5.74, 6) is 0.580. The summed E-state index contributed by atoms with van der Waals surface area (Å²) < 4.78 is 9.71. The third kappa shape index (κ3) is 3.72. The van der Waals surface area contributed by atoms with Crippen LogP contribution < -0.4 is 10.1 Å². The molecule has 0 aliphatic heterocycles. The lowest BCUT2D eigenvalue weighted by atomic mass is 10.1. The van der Waals surface area contributed by atoms with Gasteiger partial charge in [-0.2, -0.15) is 5.10 Å². The van der Waals surface area contributed by atoms with Gasteiger partial charge in [0.1, 0.15) is 11.0 Å². The first-order valence-electron chi connectivity index (χ1n) is 10.2. The maximum Gasteiger partial charge on any atom is 0.222 e. The van der Waals surface area contributed by atoms with Crippen LogP contribution in [0.25, 0.3) is 22.3 Å². The molecule has 0 aliphatic rings. The molecule has 4 aromatic rings. The number of aryl methyl sites for hydroxylation is 2. The van der Waals surface area contributed by atoms with Crippen LogP contribution in [-0.2, 0) is 13.6 Å². The Morgan fingerprint density at radius 1 is 1.23 bits per heavy atom. The van der Waals surface area contributed by atoms with Crippen molar-refractivity contribution in [1.29, 1.82) is 0 Å². The first-order chi connectivity index (χ1) is 14.5. The smallest absolute Gasteiger partial charge is 0.222 e. The summed E-state index contributed by atoms with van der Waals surface area (Å²) in [5.41, 5.74) is 6.34. The zero-order chi connectivity index (χ0) is 21.3. The van der Waals surface area contributed by atoms with Gasteiger partial charge in [0.2, 0.25) is 5.88 Å². The first-order valence-corrected chi connectivity index (χ1v) is 10.2. The summed E-state index contributed by atoms with van der Waals surface area (Å²) in [7, 11) is 1.97. The van der Waals surface area contributed by atoms with E-state index in [4.69, 9.17) is 14.8 Å². The lowest BCUT2D eigenvalue weighted by Gasteiger charge is -2.14. The molecule has 0 amide bonds. The highest BCUT2D eigenvalue weighted by Crippen LogP contribution is 2.34. The third-order valence-corrected chi connectivity index (χ3v) is 4.86. The Morgan fingerprint density at radius 2 is 2.07 bits per heavy atom. The Hall–Kier alpha value is -3.42. The van der Waals surface area contributed by atoms with Crippen LogP contribution in [0, 0.1) is 6.92 Å². The Kier molecular flexibility index (Phi) is 5.39. The fraction of sp³-hybridized carbons (Fsp3) is 0.364. The van der Waals surface area contributed by atoms with Crippen LogP contribution in [0.3, 0.4) is 0 Å². The fourth-order valence-electron chi connectivity index (χ4n) is 3.51. The number of ether oxygens (including phenoxy) is 1. The standard InChI is InChI=1S/C22H27N7O/c1-6-30-22-17(8-7-9-23-22)18-10-19(24-11-16-12-28(5)13-25-16)21-20(26-18)15(4)27-29(21)14(2)3/h7-10,12-14H,6,11H2,1-5H3,(H,24,26). The van der Waals surface area contributed by atoms with E-state index in [1.54, 1.807) is 12.5 Å². The monoisotopic (exact) mass is 405 g/mol. The molecule has 8 heteroatoms. The number of hydrogen-bond acceptors (Lipinski definition) is 6. The molecule has 0 saturated heterocycles. The van der Waals surface area contributed by atoms with E-state index in [-0.39, 0.29) is 6.04 Å². The molecule has 156 valence electrons. The van der Waals surface area contributed by atoms with Crippen molar-refractivity contribution >= 4 is 16.7 Å². The first kappa shape index (κ1) is 19.9. The minimum absolute atomic E-state index is 0.210. The molecular formula is C22H27N7O. The zero-order valence-electron chi connectivity index (χ0n) is 18.0. The van der Waals surface area contributed by atoms with Gasteiger partial charge < -0.3 is 14.6 Å². The SMILES string of the molecule is CCOc1ncccc1-c1cc(NCc2cn(C)cn2)c2c(n1)c(C)nn2C(C)C. The molecule has 0 bridgehead atoms. The predicted octanol–water partition coefficient (Wildman–Crippen LogP) is 4.13. The van der Waals surface area contributed by atoms with E-state index in [2.05, 4.69) is 29.1 Å². The maximum absolute atomic E-state index is 5.74. The second kappa shape index (κ2) is 8.14. The van der Waals surface area contributed by atoms with Gasteiger partial charge >= 0.3 is 0 Å². The number of hydrogen-bond donors (Lipinski definition) is 1. The summed E-state index contributed by atoms with van der Waals surface area (Å²) in [4.78, 5) is 13.8. The number of nitrogens with zero attached hydrogens (tertiary/aromatic N) is 6. The van der Waals surface area contributed by atoms with Gasteiger partial charge in [-0.3, -0.25) is 4.68 Å². The third-order valence-electron chi connectivity index (χ3n) is 4.86. The van der Waals surface area contributed by atoms with E-state index in [0.29, 0.717) is 19.0 Å². The van der Waals surface area contributed by atoms with Crippen LogP contribution in [0.4, 0.5) is 5.69 Å². The molecular weight excluding hydrogens is 378 g/mol. The van der Waals surface area contributed by atoms with E-state index in [9.17, 15) is 0 Å². The fourth-order valence-corrected chi connectivity index (χ4v) is 3.51. The minimum Gasteiger partial charge on any atom is -0.477 e. The highest BCUT2D eigenvalue weighted by atomic mass is 16.5. The molecule has 4 rings (SSSR count). The van der Waals surface area contributed by atoms with Crippen LogP contribution in [0.15, 0.2) is 36.9 Å². The quantitative estimate of drug-likeness (QED) is 0.498. The van der Waals surface area contributed by atoms with Gasteiger partial charge in [-0.05, 0) is 45.9 Å². The van der Waals surface area contributed by atoms with Crippen LogP contribution in [0.1, 0.15) is 38.2 Å². The largest absolute Gasteiger partial charge is 0.477 e. The van der Waals surface area contributed by atoms with Gasteiger partial charge in [0.15, 0.2) is 0 Å². The van der Waals surface area contributed by atoms with E-state index in [0.717, 1.165) is 39.4 Å². The molecule has 0 fully saturated rings. The number of fused-ring (bicyclic) bond motifs is 1. The predicted molar refractivity (Wildman–Crippen MR) is 118 cm³/mol. The Morgan fingerprint density at radius 3 is 2.77 bits per heavy atom. The van der Waals surface area contributed by atoms with Crippen molar-refractivity contribution in [2.24, 2.45) is 7.05 Å². The lowest BCUT2D eigenvalue weighted by molar-refractivity contribution is 0.328. The summed E-state index contributed by atoms with van der Waals surface area (Å²) in [6.45, 7) is 9.33. The second-order valence-corrected chi connectivity index (χ2v) is 7.55. The lowest BCUT2D eigenvalue weighted by Crippen LogP contribution is -2.07. The Labute approximate surface area is 175 Å². The van der Waals surface area contributed by atoms with Crippen molar-refractivity contribution in [3.8, 4) is 17.1 Å². The molecule has 0 saturated carbocycles. The van der Waals surface area contributed by atoms with Crippen LogP contribution in [-0.4, -0.2) is 35.9 Å². The molecule has 0 radical (unpaired) electrons. The van der Waals surface area contributed by atoms with Crippen molar-refractivity contribution in [2.45, 2.75) is 40.3 Å². The van der Waals surface area contributed by atoms with Gasteiger partial charge in [0, 0.05) is 25.5 Å². The van der Waals surface area contributed by atoms with Crippen molar-refractivity contribution in [3.05, 3.63) is 48.3 Å². The number of pyridine rings is 2. The number of anilines is 1. The number of imidazole rings is 1. The van der Waals surface area contributed by atoms with Crippen molar-refractivity contribution in [2.75, 3.05) is 11.9 Å². The summed E-state index contributed by atoms with van der Waals surface area (Å²) in [6.07, 6.45) is 5.54. The minimum atomic E-state index is 0.210. The highest BCUT2D eigenvalue weighted by molar-refractivity contribution is 5.93. The summed E-state index contributed by atoms with van der Waals surface area (Å²) >= 11 is 0. The average molecular weight is 406 g/mol. The van der Waals surface area contributed by atoms with E-state index in [1.165, 1.54) is 0 Å². The normalized spacial score (nSPS) is 11.4. The van der Waals surface area contributed by atoms with Crippen molar-refractivity contribution in [1.82, 2.24) is 29.3 Å². The van der Waals surface area contributed by atoms with Crippen molar-refractivity contribution in [3.63, 3.8) is 0 Å². The number of rotatable bonds is 7. The molecule has 1 N–H and O–H groups in total. The molecule has 0 aliphatic carbocycles. The molecule has 8 nitrogen and oxygen atoms in total. The molecule has 0 spiro atoms. The molecule has 0 unspecified atom stereocenters. The topological polar surface area (TPSA) is 82.7 Å². The van der Waals surface area contributed by atoms with Gasteiger partial charge in [-0.25, -0.2) is 15.0 Å². The zero-order valence-corrected chi connectivity index (χ0v) is 18.0. The Bertz CT molecular complexity index is 1180. The highest BCUT2D eigenvalue weighted by Gasteiger charge is 2.19. The van der Waals surface area contributed by atoms with Crippen molar-refractivity contribution < 1.29 is 4.74 Å². The van der Waals surface area contributed by atoms with E-state index >= 15 is 0 Å². The number of aromatic nitrogens is 6. The van der Waals surface area contributed by atoms with Gasteiger partial charge in [0.25, 0.3) is 0 Å². The molecule has 4 aromatic heterocycles. The van der Waals surface area contributed by atoms with Gasteiger partial charge in [-0.15, -0.1) is 0 Å². The van der Waals surface area contributed by atoms with Crippen LogP contribution in [0.2, 0.25) is 0 Å². The molecule has 0 aromatic carbocycles. The number of nitrogens with one attached hydrogen (secondary N) is 1. The van der Waals surface area contributed by atoms with E-state index < -0.39 is 0 Å². The summed E-state index contributed by atoms with van der Waals surface area (Å²) in [5, 5.41) is 8.30. The van der Waals surface area contributed by atoms with Crippen LogP contribution >= 0.6 is 0 Å². The van der Waals surface area contributed by atoms with Gasteiger partial charge in [-0.1, -0.05) is 0 Å². The van der Waals surface area contributed by atoms with E-state index in [1.807, 2.05) is 54.5 Å². The van der Waals surface area contributed by atoms with Crippen LogP contribution in [0.5, 0.6) is 5.88 Å². The average Bonchev–Trinajstić information content (AvgIpc) is 3.30.